The largest absolute Gasteiger partial charge is 0.243 e. The minimum Gasteiger partial charge on any atom is -0.228 e. The Labute approximate surface area is 117 Å². The highest BCUT2D eigenvalue weighted by Crippen LogP contribution is 2.36. The van der Waals surface area contributed by atoms with Crippen LogP contribution in [0.1, 0.15) is 6.42 Å². The Morgan fingerprint density at radius 2 is 2.05 bits per heavy atom. The fourth-order valence-electron chi connectivity index (χ4n) is 2.72. The molecular formula is C11H12ClNO4S2. The number of benzene rings is 1. The summed E-state index contributed by atoms with van der Waals surface area (Å²) < 4.78 is 49.5. The van der Waals surface area contributed by atoms with Crippen LogP contribution in [0.5, 0.6) is 0 Å². The summed E-state index contributed by atoms with van der Waals surface area (Å²) in [5.74, 6) is -0.0720. The number of nitrogens with zero attached hydrogens (tertiary/aromatic N) is 1. The zero-order chi connectivity index (χ0) is 13.8. The average molecular weight is 322 g/mol. The third-order valence-electron chi connectivity index (χ3n) is 3.66. The van der Waals surface area contributed by atoms with Crippen molar-refractivity contribution in [1.82, 2.24) is 4.31 Å². The van der Waals surface area contributed by atoms with Gasteiger partial charge in [-0.2, -0.15) is 4.31 Å². The van der Waals surface area contributed by atoms with Gasteiger partial charge in [-0.05, 0) is 24.6 Å². The number of fused-ring (bicyclic) bond motifs is 2. The molecule has 0 saturated carbocycles. The molecule has 3 rings (SSSR count). The van der Waals surface area contributed by atoms with Gasteiger partial charge in [0.15, 0.2) is 9.84 Å². The van der Waals surface area contributed by atoms with Crippen LogP contribution in [0.3, 0.4) is 0 Å². The number of hydrogen-bond acceptors (Lipinski definition) is 4. The SMILES string of the molecule is O=S1(=O)CC2CC1CN2S(=O)(=O)c1cccc(Cl)c1. The molecule has 2 bridgehead atoms. The van der Waals surface area contributed by atoms with E-state index in [0.717, 1.165) is 0 Å². The van der Waals surface area contributed by atoms with E-state index in [1.165, 1.54) is 16.4 Å². The van der Waals surface area contributed by atoms with Crippen LogP contribution in [0.4, 0.5) is 0 Å². The van der Waals surface area contributed by atoms with E-state index in [9.17, 15) is 16.8 Å². The summed E-state index contributed by atoms with van der Waals surface area (Å²) >= 11 is 5.80. The van der Waals surface area contributed by atoms with Crippen LogP contribution in [0.2, 0.25) is 5.02 Å². The van der Waals surface area contributed by atoms with Crippen molar-refractivity contribution >= 4 is 31.5 Å². The van der Waals surface area contributed by atoms with Crippen molar-refractivity contribution in [3.05, 3.63) is 29.3 Å². The molecule has 2 unspecified atom stereocenters. The van der Waals surface area contributed by atoms with Crippen LogP contribution in [-0.2, 0) is 19.9 Å². The summed E-state index contributed by atoms with van der Waals surface area (Å²) in [5.41, 5.74) is 0. The lowest BCUT2D eigenvalue weighted by molar-refractivity contribution is 0.402. The molecule has 2 saturated heterocycles. The van der Waals surface area contributed by atoms with Gasteiger partial charge in [0.25, 0.3) is 0 Å². The van der Waals surface area contributed by atoms with Crippen molar-refractivity contribution in [1.29, 1.82) is 0 Å². The zero-order valence-electron chi connectivity index (χ0n) is 9.86. The summed E-state index contributed by atoms with van der Waals surface area (Å²) in [6, 6.07) is 5.60. The lowest BCUT2D eigenvalue weighted by atomic mass is 10.3. The van der Waals surface area contributed by atoms with E-state index in [-0.39, 0.29) is 17.2 Å². The third-order valence-corrected chi connectivity index (χ3v) is 8.02. The van der Waals surface area contributed by atoms with Crippen LogP contribution >= 0.6 is 11.6 Å². The van der Waals surface area contributed by atoms with E-state index in [4.69, 9.17) is 11.6 Å². The molecule has 104 valence electrons. The summed E-state index contributed by atoms with van der Waals surface area (Å²) in [7, 11) is -6.76. The standard InChI is InChI=1S/C11H12ClNO4S2/c12-8-2-1-3-10(4-8)19(16,17)13-6-11-5-9(13)7-18(11,14)15/h1-4,9,11H,5-7H2. The maximum absolute atomic E-state index is 12.5. The van der Waals surface area contributed by atoms with Crippen LogP contribution < -0.4 is 0 Å². The molecule has 0 aliphatic carbocycles. The molecule has 2 atom stereocenters. The summed E-state index contributed by atoms with van der Waals surface area (Å²) in [5, 5.41) is -0.204. The minimum atomic E-state index is -3.66. The molecule has 8 heteroatoms. The van der Waals surface area contributed by atoms with Gasteiger partial charge in [-0.15, -0.1) is 0 Å². The van der Waals surface area contributed by atoms with E-state index in [0.29, 0.717) is 11.4 Å². The Bertz CT molecular complexity index is 729. The second-order valence-electron chi connectivity index (χ2n) is 4.87. The van der Waals surface area contributed by atoms with Gasteiger partial charge >= 0.3 is 0 Å². The lowest BCUT2D eigenvalue weighted by Gasteiger charge is -2.26. The van der Waals surface area contributed by atoms with Gasteiger partial charge in [0.2, 0.25) is 10.0 Å². The molecule has 2 aliphatic heterocycles. The van der Waals surface area contributed by atoms with Crippen LogP contribution in [0.25, 0.3) is 0 Å². The summed E-state index contributed by atoms with van der Waals surface area (Å²) in [4.78, 5) is 0.116. The summed E-state index contributed by atoms with van der Waals surface area (Å²) in [6.45, 7) is 0.0574. The van der Waals surface area contributed by atoms with Crippen LogP contribution in [-0.4, -0.2) is 44.7 Å². The van der Waals surface area contributed by atoms with Crippen molar-refractivity contribution in [3.8, 4) is 0 Å². The van der Waals surface area contributed by atoms with Crippen molar-refractivity contribution in [3.63, 3.8) is 0 Å². The first-order chi connectivity index (χ1) is 8.80. The van der Waals surface area contributed by atoms with Crippen molar-refractivity contribution in [2.24, 2.45) is 0 Å². The van der Waals surface area contributed by atoms with E-state index in [1.54, 1.807) is 12.1 Å². The number of hydrogen-bond donors (Lipinski definition) is 0. The van der Waals surface area contributed by atoms with Crippen molar-refractivity contribution < 1.29 is 16.8 Å². The average Bonchev–Trinajstić information content (AvgIpc) is 2.84. The molecule has 5 nitrogen and oxygen atoms in total. The molecule has 0 amide bonds. The molecular weight excluding hydrogens is 310 g/mol. The molecule has 19 heavy (non-hydrogen) atoms. The second kappa shape index (κ2) is 4.18. The highest BCUT2D eigenvalue weighted by molar-refractivity contribution is 7.93. The molecule has 0 spiro atoms. The smallest absolute Gasteiger partial charge is 0.228 e. The van der Waals surface area contributed by atoms with E-state index in [2.05, 4.69) is 0 Å². The maximum atomic E-state index is 12.5. The number of halogens is 1. The third kappa shape index (κ3) is 2.08. The molecule has 1 aromatic carbocycles. The first-order valence-electron chi connectivity index (χ1n) is 5.80. The monoisotopic (exact) mass is 321 g/mol. The summed E-state index contributed by atoms with van der Waals surface area (Å²) in [6.07, 6.45) is 0.405. The second-order valence-corrected chi connectivity index (χ2v) is 9.53. The number of sulfone groups is 1. The molecule has 0 radical (unpaired) electrons. The van der Waals surface area contributed by atoms with Gasteiger partial charge in [-0.25, -0.2) is 16.8 Å². The molecule has 2 fully saturated rings. The molecule has 0 aromatic heterocycles. The molecule has 2 aliphatic rings. The van der Waals surface area contributed by atoms with Gasteiger partial charge < -0.3 is 0 Å². The Balaban J connectivity index is 1.96. The van der Waals surface area contributed by atoms with Crippen LogP contribution in [0.15, 0.2) is 29.2 Å². The van der Waals surface area contributed by atoms with Gasteiger partial charge in [0, 0.05) is 17.6 Å². The van der Waals surface area contributed by atoms with Crippen molar-refractivity contribution in [2.45, 2.75) is 22.6 Å². The lowest BCUT2D eigenvalue weighted by Crippen LogP contribution is -2.43. The fraction of sp³-hybridized carbons (Fsp3) is 0.455. The minimum absolute atomic E-state index is 0.0574. The van der Waals surface area contributed by atoms with Crippen LogP contribution in [0, 0.1) is 0 Å². The first-order valence-corrected chi connectivity index (χ1v) is 9.33. The van der Waals surface area contributed by atoms with E-state index in [1.807, 2.05) is 0 Å². The number of sulfonamides is 1. The van der Waals surface area contributed by atoms with Gasteiger partial charge in [-0.3, -0.25) is 0 Å². The molecule has 2 heterocycles. The van der Waals surface area contributed by atoms with Gasteiger partial charge in [-0.1, -0.05) is 17.7 Å². The highest BCUT2D eigenvalue weighted by Gasteiger charge is 2.52. The normalized spacial score (nSPS) is 29.7. The van der Waals surface area contributed by atoms with Gasteiger partial charge in [0.1, 0.15) is 0 Å². The molecule has 0 N–H and O–H groups in total. The first kappa shape index (κ1) is 13.4. The Morgan fingerprint density at radius 1 is 1.32 bits per heavy atom. The molecule has 1 aromatic rings. The predicted molar refractivity (Wildman–Crippen MR) is 71.3 cm³/mol. The Hall–Kier alpha value is -0.630. The predicted octanol–water partition coefficient (Wildman–Crippen LogP) is 0.900. The van der Waals surface area contributed by atoms with Gasteiger partial charge in [0.05, 0.1) is 15.9 Å². The zero-order valence-corrected chi connectivity index (χ0v) is 12.2. The topological polar surface area (TPSA) is 71.5 Å². The Morgan fingerprint density at radius 3 is 2.58 bits per heavy atom. The fourth-order valence-corrected chi connectivity index (χ4v) is 6.92. The van der Waals surface area contributed by atoms with Crippen molar-refractivity contribution in [2.75, 3.05) is 12.3 Å². The van der Waals surface area contributed by atoms with E-state index < -0.39 is 31.2 Å². The van der Waals surface area contributed by atoms with E-state index >= 15 is 0 Å². The highest BCUT2D eigenvalue weighted by atomic mass is 35.5. The quantitative estimate of drug-likeness (QED) is 0.811. The Kier molecular flexibility index (Phi) is 2.94. The number of rotatable bonds is 2. The maximum Gasteiger partial charge on any atom is 0.243 e.